The molecule has 134 valence electrons. The first-order valence-corrected chi connectivity index (χ1v) is 8.18. The van der Waals surface area contributed by atoms with E-state index in [1.807, 2.05) is 43.3 Å². The summed E-state index contributed by atoms with van der Waals surface area (Å²) in [5.41, 5.74) is 2.97. The molecule has 1 aromatic carbocycles. The summed E-state index contributed by atoms with van der Waals surface area (Å²) in [4.78, 5) is 18.9. The summed E-state index contributed by atoms with van der Waals surface area (Å²) >= 11 is 0. The molecule has 1 amide bonds. The zero-order valence-corrected chi connectivity index (χ0v) is 15.0. The van der Waals surface area contributed by atoms with E-state index in [9.17, 15) is 4.79 Å². The van der Waals surface area contributed by atoms with Crippen LogP contribution in [0.1, 0.15) is 21.8 Å². The van der Waals surface area contributed by atoms with Gasteiger partial charge in [-0.25, -0.2) is 0 Å². The Hall–Kier alpha value is -3.35. The number of aromatic nitrogens is 2. The van der Waals surface area contributed by atoms with E-state index >= 15 is 0 Å². The fourth-order valence-electron chi connectivity index (χ4n) is 2.45. The summed E-state index contributed by atoms with van der Waals surface area (Å²) in [5, 5.41) is 6.96. The zero-order chi connectivity index (χ0) is 18.5. The molecule has 0 aliphatic rings. The van der Waals surface area contributed by atoms with Crippen molar-refractivity contribution in [3.8, 4) is 0 Å². The van der Waals surface area contributed by atoms with Gasteiger partial charge in [-0.3, -0.25) is 14.5 Å². The van der Waals surface area contributed by atoms with Crippen LogP contribution in [-0.2, 0) is 13.6 Å². The molecule has 0 saturated heterocycles. The molecule has 0 aliphatic heterocycles. The molecule has 3 aromatic rings. The highest BCUT2D eigenvalue weighted by Gasteiger charge is 2.16. The molecule has 0 spiro atoms. The molecule has 2 aromatic heterocycles. The van der Waals surface area contributed by atoms with Crippen molar-refractivity contribution in [3.63, 3.8) is 0 Å². The molecule has 7 heteroatoms. The van der Waals surface area contributed by atoms with Gasteiger partial charge in [-0.2, -0.15) is 5.10 Å². The average Bonchev–Trinajstić information content (AvgIpc) is 3.28. The van der Waals surface area contributed by atoms with Gasteiger partial charge in [-0.05, 0) is 29.8 Å². The fourth-order valence-corrected chi connectivity index (χ4v) is 2.45. The van der Waals surface area contributed by atoms with Crippen LogP contribution in [-0.4, -0.2) is 36.0 Å². The highest BCUT2D eigenvalue weighted by atomic mass is 16.3. The summed E-state index contributed by atoms with van der Waals surface area (Å²) in [5.74, 6) is 0.433. The molecular formula is C19H21N5O2. The number of anilines is 1. The van der Waals surface area contributed by atoms with Gasteiger partial charge >= 0.3 is 0 Å². The van der Waals surface area contributed by atoms with Crippen LogP contribution >= 0.6 is 0 Å². The molecule has 0 aliphatic carbocycles. The third-order valence-electron chi connectivity index (χ3n) is 3.90. The van der Waals surface area contributed by atoms with Crippen LogP contribution in [0.3, 0.4) is 0 Å². The van der Waals surface area contributed by atoms with E-state index in [1.54, 1.807) is 37.9 Å². The number of rotatable bonds is 6. The third-order valence-corrected chi connectivity index (χ3v) is 3.90. The van der Waals surface area contributed by atoms with Gasteiger partial charge < -0.3 is 14.6 Å². The van der Waals surface area contributed by atoms with Crippen LogP contribution in [0.4, 0.5) is 11.4 Å². The lowest BCUT2D eigenvalue weighted by atomic mass is 10.2. The lowest BCUT2D eigenvalue weighted by Gasteiger charge is -2.11. The first-order valence-electron chi connectivity index (χ1n) is 8.18. The Bertz CT molecular complexity index is 893. The maximum Gasteiger partial charge on any atom is 0.272 e. The van der Waals surface area contributed by atoms with Crippen LogP contribution in [0.5, 0.6) is 0 Å². The van der Waals surface area contributed by atoms with E-state index in [0.29, 0.717) is 23.7 Å². The quantitative estimate of drug-likeness (QED) is 0.693. The first kappa shape index (κ1) is 17.5. The molecule has 26 heavy (non-hydrogen) atoms. The number of amides is 1. The monoisotopic (exact) mass is 351 g/mol. The van der Waals surface area contributed by atoms with Gasteiger partial charge in [0.05, 0.1) is 19.0 Å². The number of aryl methyl sites for hydroxylation is 1. The summed E-state index contributed by atoms with van der Waals surface area (Å²) in [6, 6.07) is 11.6. The highest BCUT2D eigenvalue weighted by molar-refractivity contribution is 5.98. The Labute approximate surface area is 152 Å². The second-order valence-corrected chi connectivity index (χ2v) is 6.01. The molecule has 0 saturated carbocycles. The average molecular weight is 351 g/mol. The number of nitrogens with zero attached hydrogens (tertiary/aromatic N) is 4. The predicted molar refractivity (Wildman–Crippen MR) is 101 cm³/mol. The maximum absolute atomic E-state index is 12.5. The number of hydrogen-bond donors (Lipinski definition) is 1. The van der Waals surface area contributed by atoms with E-state index in [1.165, 1.54) is 4.68 Å². The number of benzene rings is 1. The van der Waals surface area contributed by atoms with Gasteiger partial charge in [-0.15, -0.1) is 0 Å². The second-order valence-electron chi connectivity index (χ2n) is 6.01. The van der Waals surface area contributed by atoms with Crippen LogP contribution in [0.15, 0.2) is 58.3 Å². The Kier molecular flexibility index (Phi) is 5.17. The molecule has 0 bridgehead atoms. The number of hydrogen-bond acceptors (Lipinski definition) is 5. The zero-order valence-electron chi connectivity index (χ0n) is 15.0. The molecule has 0 unspecified atom stereocenters. The number of carbonyl (C=O) groups is 1. The van der Waals surface area contributed by atoms with Gasteiger partial charge in [0.15, 0.2) is 5.69 Å². The maximum atomic E-state index is 12.5. The molecule has 0 fully saturated rings. The smallest absolute Gasteiger partial charge is 0.272 e. The lowest BCUT2D eigenvalue weighted by molar-refractivity contribution is 0.0939. The SMILES string of the molecule is CN(C)c1ccc(C=Nc2cnn(C)c2C(=O)NCc2ccco2)cc1. The second kappa shape index (κ2) is 7.69. The summed E-state index contributed by atoms with van der Waals surface area (Å²) in [6.07, 6.45) is 4.87. The topological polar surface area (TPSA) is 75.7 Å². The molecule has 1 N–H and O–H groups in total. The minimum Gasteiger partial charge on any atom is -0.467 e. The van der Waals surface area contributed by atoms with E-state index in [0.717, 1.165) is 11.3 Å². The molecule has 7 nitrogen and oxygen atoms in total. The van der Waals surface area contributed by atoms with Crippen molar-refractivity contribution in [1.29, 1.82) is 0 Å². The Balaban J connectivity index is 1.73. The first-order chi connectivity index (χ1) is 12.5. The van der Waals surface area contributed by atoms with Crippen LogP contribution in [0, 0.1) is 0 Å². The molecule has 0 radical (unpaired) electrons. The van der Waals surface area contributed by atoms with Gasteiger partial charge in [-0.1, -0.05) is 12.1 Å². The molecule has 3 rings (SSSR count). The standard InChI is InChI=1S/C19H21N5O2/c1-23(2)15-8-6-14(7-9-15)11-20-17-13-22-24(3)18(17)19(25)21-12-16-5-4-10-26-16/h4-11,13H,12H2,1-3H3,(H,21,25). The van der Waals surface area contributed by atoms with Gasteiger partial charge in [0.2, 0.25) is 0 Å². The van der Waals surface area contributed by atoms with Gasteiger partial charge in [0.25, 0.3) is 5.91 Å². The minimum atomic E-state index is -0.253. The van der Waals surface area contributed by atoms with E-state index in [-0.39, 0.29) is 5.91 Å². The Morgan fingerprint density at radius 3 is 2.73 bits per heavy atom. The van der Waals surface area contributed by atoms with Gasteiger partial charge in [0, 0.05) is 33.0 Å². The van der Waals surface area contributed by atoms with Crippen molar-refractivity contribution in [2.75, 3.05) is 19.0 Å². The summed E-state index contributed by atoms with van der Waals surface area (Å²) < 4.78 is 6.74. The number of aliphatic imine (C=N–C) groups is 1. The van der Waals surface area contributed by atoms with Crippen molar-refractivity contribution < 1.29 is 9.21 Å². The molecule has 0 atom stereocenters. The Morgan fingerprint density at radius 1 is 1.31 bits per heavy atom. The lowest BCUT2D eigenvalue weighted by Crippen LogP contribution is -2.25. The van der Waals surface area contributed by atoms with Crippen molar-refractivity contribution in [3.05, 3.63) is 65.9 Å². The number of furan rings is 1. The third kappa shape index (κ3) is 4.00. The minimum absolute atomic E-state index is 0.253. The van der Waals surface area contributed by atoms with Crippen molar-refractivity contribution >= 4 is 23.5 Å². The predicted octanol–water partition coefficient (Wildman–Crippen LogP) is 2.76. The largest absolute Gasteiger partial charge is 0.467 e. The molecular weight excluding hydrogens is 330 g/mol. The van der Waals surface area contributed by atoms with E-state index in [4.69, 9.17) is 4.42 Å². The normalized spacial score (nSPS) is 11.0. The number of carbonyl (C=O) groups excluding carboxylic acids is 1. The summed E-state index contributed by atoms with van der Waals surface area (Å²) in [7, 11) is 5.70. The van der Waals surface area contributed by atoms with Gasteiger partial charge in [0.1, 0.15) is 11.4 Å². The Morgan fingerprint density at radius 2 is 2.08 bits per heavy atom. The number of nitrogens with one attached hydrogen (secondary N) is 1. The fraction of sp³-hybridized carbons (Fsp3) is 0.211. The van der Waals surface area contributed by atoms with Crippen molar-refractivity contribution in [1.82, 2.24) is 15.1 Å². The van der Waals surface area contributed by atoms with E-state index < -0.39 is 0 Å². The molecule has 2 heterocycles. The summed E-state index contributed by atoms with van der Waals surface area (Å²) in [6.45, 7) is 0.312. The van der Waals surface area contributed by atoms with Crippen molar-refractivity contribution in [2.24, 2.45) is 12.0 Å². The van der Waals surface area contributed by atoms with E-state index in [2.05, 4.69) is 15.4 Å². The van der Waals surface area contributed by atoms with Crippen LogP contribution < -0.4 is 10.2 Å². The van der Waals surface area contributed by atoms with Crippen LogP contribution in [0.2, 0.25) is 0 Å². The van der Waals surface area contributed by atoms with Crippen molar-refractivity contribution in [2.45, 2.75) is 6.54 Å². The van der Waals surface area contributed by atoms with Crippen LogP contribution in [0.25, 0.3) is 0 Å². The highest BCUT2D eigenvalue weighted by Crippen LogP contribution is 2.19.